The minimum absolute atomic E-state index is 0.0779. The predicted molar refractivity (Wildman–Crippen MR) is 71.0 cm³/mol. The summed E-state index contributed by atoms with van der Waals surface area (Å²) < 4.78 is 1.13. The molecule has 1 fully saturated rings. The number of hydrogen-bond donors (Lipinski definition) is 3. The van der Waals surface area contributed by atoms with Gasteiger partial charge in [-0.1, -0.05) is 0 Å². The molecule has 4 N–H and O–H groups in total. The highest BCUT2D eigenvalue weighted by Crippen LogP contribution is 2.28. The first-order valence-corrected chi connectivity index (χ1v) is 6.40. The lowest BCUT2D eigenvalue weighted by molar-refractivity contribution is -0.137. The topological polar surface area (TPSA) is 128 Å². The number of nitrogen functional groups attached to an aromatic ring is 1. The van der Waals surface area contributed by atoms with Crippen LogP contribution in [0, 0.1) is 17.2 Å². The molecule has 1 aliphatic rings. The molecule has 0 aromatic carbocycles. The van der Waals surface area contributed by atoms with Crippen molar-refractivity contribution >= 4 is 17.6 Å². The highest BCUT2D eigenvalue weighted by Gasteiger charge is 2.25. The van der Waals surface area contributed by atoms with Crippen LogP contribution in [0.5, 0.6) is 0 Å². The van der Waals surface area contributed by atoms with Gasteiger partial charge in [-0.15, -0.1) is 0 Å². The predicted octanol–water partition coefficient (Wildman–Crippen LogP) is -0.370. The summed E-state index contributed by atoms with van der Waals surface area (Å²) in [4.78, 5) is 12.7. The van der Waals surface area contributed by atoms with Crippen LogP contribution < -0.4 is 10.6 Å². The lowest BCUT2D eigenvalue weighted by Gasteiger charge is -2.31. The van der Waals surface area contributed by atoms with E-state index in [0.717, 1.165) is 17.5 Å². The Morgan fingerprint density at radius 3 is 2.65 bits per heavy atom. The van der Waals surface area contributed by atoms with Crippen molar-refractivity contribution in [1.82, 2.24) is 9.78 Å². The van der Waals surface area contributed by atoms with Crippen molar-refractivity contribution in [1.29, 1.82) is 5.26 Å². The van der Waals surface area contributed by atoms with Gasteiger partial charge in [-0.2, -0.15) is 10.4 Å². The molecule has 1 aliphatic heterocycles. The van der Waals surface area contributed by atoms with Crippen LogP contribution in [-0.2, 0) is 11.3 Å². The SMILES string of the molecule is N#Cc1c(N2CCC(CO)CC2)nn(CC(=O)O)c1N. The Labute approximate surface area is 116 Å². The third kappa shape index (κ3) is 2.67. The second-order valence-electron chi connectivity index (χ2n) is 4.86. The Kier molecular flexibility index (Phi) is 4.10. The second kappa shape index (κ2) is 5.79. The fourth-order valence-electron chi connectivity index (χ4n) is 2.37. The zero-order chi connectivity index (χ0) is 14.7. The number of nitrogens with zero attached hydrogens (tertiary/aromatic N) is 4. The summed E-state index contributed by atoms with van der Waals surface area (Å²) in [5.74, 6) is -0.277. The van der Waals surface area contributed by atoms with Crippen molar-refractivity contribution in [3.05, 3.63) is 5.56 Å². The summed E-state index contributed by atoms with van der Waals surface area (Å²) in [7, 11) is 0. The number of carboxylic acid groups (broad SMARTS) is 1. The number of carboxylic acids is 1. The van der Waals surface area contributed by atoms with Gasteiger partial charge in [0.15, 0.2) is 5.82 Å². The molecule has 8 nitrogen and oxygen atoms in total. The monoisotopic (exact) mass is 279 g/mol. The first kappa shape index (κ1) is 14.1. The minimum Gasteiger partial charge on any atom is -0.480 e. The van der Waals surface area contributed by atoms with Crippen LogP contribution in [0.2, 0.25) is 0 Å². The molecule has 2 heterocycles. The number of carbonyl (C=O) groups is 1. The largest absolute Gasteiger partial charge is 0.480 e. The van der Waals surface area contributed by atoms with Crippen molar-refractivity contribution in [3.63, 3.8) is 0 Å². The van der Waals surface area contributed by atoms with Gasteiger partial charge in [0, 0.05) is 19.7 Å². The van der Waals surface area contributed by atoms with Gasteiger partial charge in [0.25, 0.3) is 0 Å². The standard InChI is InChI=1S/C12H17N5O3/c13-5-9-11(14)17(6-10(19)20)15-12(9)16-3-1-8(7-18)2-4-16/h8,18H,1-4,6-7,14H2,(H,19,20). The molecule has 20 heavy (non-hydrogen) atoms. The Bertz CT molecular complexity index is 540. The number of nitrogens with two attached hydrogens (primary N) is 1. The smallest absolute Gasteiger partial charge is 0.325 e. The number of piperidine rings is 1. The maximum absolute atomic E-state index is 10.7. The summed E-state index contributed by atoms with van der Waals surface area (Å²) >= 11 is 0. The lowest BCUT2D eigenvalue weighted by Crippen LogP contribution is -2.35. The van der Waals surface area contributed by atoms with Gasteiger partial charge in [0.1, 0.15) is 24.0 Å². The second-order valence-corrected chi connectivity index (χ2v) is 4.86. The van der Waals surface area contributed by atoms with Crippen molar-refractivity contribution in [2.75, 3.05) is 30.3 Å². The molecule has 1 saturated heterocycles. The van der Waals surface area contributed by atoms with E-state index in [4.69, 9.17) is 15.9 Å². The number of rotatable bonds is 4. The van der Waals surface area contributed by atoms with Crippen LogP contribution in [0.15, 0.2) is 0 Å². The third-order valence-corrected chi connectivity index (χ3v) is 3.54. The van der Waals surface area contributed by atoms with Crippen LogP contribution in [-0.4, -0.2) is 45.7 Å². The molecular formula is C12H17N5O3. The van der Waals surface area contributed by atoms with E-state index in [1.165, 1.54) is 0 Å². The molecule has 0 unspecified atom stereocenters. The first-order chi connectivity index (χ1) is 9.56. The maximum Gasteiger partial charge on any atom is 0.325 e. The first-order valence-electron chi connectivity index (χ1n) is 6.40. The maximum atomic E-state index is 10.7. The van der Waals surface area contributed by atoms with Crippen molar-refractivity contribution < 1.29 is 15.0 Å². The van der Waals surface area contributed by atoms with E-state index >= 15 is 0 Å². The molecule has 1 aromatic heterocycles. The van der Waals surface area contributed by atoms with Crippen molar-refractivity contribution in [2.24, 2.45) is 5.92 Å². The zero-order valence-corrected chi connectivity index (χ0v) is 11.0. The summed E-state index contributed by atoms with van der Waals surface area (Å²) in [5.41, 5.74) is 5.99. The van der Waals surface area contributed by atoms with Crippen molar-refractivity contribution in [3.8, 4) is 6.07 Å². The highest BCUT2D eigenvalue weighted by molar-refractivity contribution is 5.70. The molecule has 0 radical (unpaired) electrons. The Morgan fingerprint density at radius 2 is 2.15 bits per heavy atom. The van der Waals surface area contributed by atoms with E-state index < -0.39 is 5.97 Å². The number of aliphatic hydroxyl groups excluding tert-OH is 1. The van der Waals surface area contributed by atoms with E-state index in [0.29, 0.717) is 18.9 Å². The summed E-state index contributed by atoms with van der Waals surface area (Å²) in [6.45, 7) is 1.13. The van der Waals surface area contributed by atoms with Gasteiger partial charge >= 0.3 is 5.97 Å². The number of nitriles is 1. The molecule has 0 amide bonds. The molecular weight excluding hydrogens is 262 g/mol. The zero-order valence-electron chi connectivity index (χ0n) is 11.0. The number of anilines is 2. The lowest BCUT2D eigenvalue weighted by atomic mass is 9.98. The summed E-state index contributed by atoms with van der Waals surface area (Å²) in [5, 5.41) is 31.2. The molecule has 108 valence electrons. The third-order valence-electron chi connectivity index (χ3n) is 3.54. The number of aromatic nitrogens is 2. The average molecular weight is 279 g/mol. The summed E-state index contributed by atoms with van der Waals surface area (Å²) in [6.07, 6.45) is 1.63. The molecule has 0 spiro atoms. The Balaban J connectivity index is 2.23. The van der Waals surface area contributed by atoms with Crippen molar-refractivity contribution in [2.45, 2.75) is 19.4 Å². The Hall–Kier alpha value is -2.27. The molecule has 2 rings (SSSR count). The van der Waals surface area contributed by atoms with E-state index in [9.17, 15) is 10.1 Å². The van der Waals surface area contributed by atoms with Crippen LogP contribution in [0.4, 0.5) is 11.6 Å². The minimum atomic E-state index is -1.06. The van der Waals surface area contributed by atoms with Gasteiger partial charge in [-0.25, -0.2) is 4.68 Å². The quantitative estimate of drug-likeness (QED) is 0.685. The van der Waals surface area contributed by atoms with Gasteiger partial charge in [-0.05, 0) is 18.8 Å². The normalized spacial score (nSPS) is 16.1. The molecule has 0 bridgehead atoms. The molecule has 0 aliphatic carbocycles. The molecule has 0 saturated carbocycles. The van der Waals surface area contributed by atoms with E-state index in [1.54, 1.807) is 0 Å². The van der Waals surface area contributed by atoms with Gasteiger partial charge in [-0.3, -0.25) is 4.79 Å². The van der Waals surface area contributed by atoms with Crippen LogP contribution in [0.25, 0.3) is 0 Å². The van der Waals surface area contributed by atoms with Gasteiger partial charge < -0.3 is 20.8 Å². The molecule has 8 heteroatoms. The fraction of sp³-hybridized carbons (Fsp3) is 0.583. The fourth-order valence-corrected chi connectivity index (χ4v) is 2.37. The van der Waals surface area contributed by atoms with Crippen LogP contribution in [0.3, 0.4) is 0 Å². The molecule has 0 atom stereocenters. The highest BCUT2D eigenvalue weighted by atomic mass is 16.4. The van der Waals surface area contributed by atoms with Crippen LogP contribution >= 0.6 is 0 Å². The number of aliphatic hydroxyl groups is 1. The van der Waals surface area contributed by atoms with Crippen LogP contribution in [0.1, 0.15) is 18.4 Å². The number of aliphatic carboxylic acids is 1. The molecule has 1 aromatic rings. The van der Waals surface area contributed by atoms with E-state index in [2.05, 4.69) is 5.10 Å². The van der Waals surface area contributed by atoms with Gasteiger partial charge in [0.2, 0.25) is 0 Å². The Morgan fingerprint density at radius 1 is 1.50 bits per heavy atom. The number of hydrogen-bond acceptors (Lipinski definition) is 6. The average Bonchev–Trinajstić information content (AvgIpc) is 2.75. The van der Waals surface area contributed by atoms with E-state index in [-0.39, 0.29) is 30.5 Å². The van der Waals surface area contributed by atoms with E-state index in [1.807, 2.05) is 11.0 Å². The van der Waals surface area contributed by atoms with Gasteiger partial charge in [0.05, 0.1) is 0 Å². The summed E-state index contributed by atoms with van der Waals surface area (Å²) in [6, 6.07) is 1.99.